The van der Waals surface area contributed by atoms with Crippen LogP contribution in [0.3, 0.4) is 0 Å². The first-order valence-corrected chi connectivity index (χ1v) is 6.24. The number of hydrogen-bond donors (Lipinski definition) is 1. The Balaban J connectivity index is 2.75. The molecule has 2 rings (SSSR count). The number of rotatable bonds is 0. The highest BCUT2D eigenvalue weighted by atomic mass is 35.5. The summed E-state index contributed by atoms with van der Waals surface area (Å²) in [6.07, 6.45) is 0. The number of nitrogens with zero attached hydrogens (tertiary/aromatic N) is 1. The van der Waals surface area contributed by atoms with Gasteiger partial charge in [0.25, 0.3) is 10.0 Å². The smallest absolute Gasteiger partial charge is 0.287 e. The molecule has 0 aliphatic carbocycles. The largest absolute Gasteiger partial charge is 0.329 e. The normalized spacial score (nSPS) is 17.7. The van der Waals surface area contributed by atoms with Crippen molar-refractivity contribution in [1.82, 2.24) is 0 Å². The number of nitrogens with one attached hydrogen (secondary N) is 1. The lowest BCUT2D eigenvalue weighted by molar-refractivity contribution is 0.598. The van der Waals surface area contributed by atoms with E-state index < -0.39 is 10.0 Å². The second kappa shape index (κ2) is 3.52. The standard InChI is InChI=1S/C7H3Cl3N2O2S/c8-3-1-5-6(2-4(3)9)15(13,14)12-7(10)11-5/h1-2H,(H,11,12). The molecule has 1 aliphatic heterocycles. The highest BCUT2D eigenvalue weighted by Gasteiger charge is 2.25. The number of halogens is 3. The maximum Gasteiger partial charge on any atom is 0.287 e. The quantitative estimate of drug-likeness (QED) is 0.746. The van der Waals surface area contributed by atoms with Crippen LogP contribution in [0.15, 0.2) is 21.4 Å². The SMILES string of the molecule is O=S1(=O)N=C(Cl)Nc2cc(Cl)c(Cl)cc21. The van der Waals surface area contributed by atoms with Crippen LogP contribution >= 0.6 is 34.8 Å². The summed E-state index contributed by atoms with van der Waals surface area (Å²) < 4.78 is 26.3. The lowest BCUT2D eigenvalue weighted by atomic mass is 10.3. The number of benzene rings is 1. The highest BCUT2D eigenvalue weighted by Crippen LogP contribution is 2.35. The molecule has 0 unspecified atom stereocenters. The Hall–Kier alpha value is -0.490. The average Bonchev–Trinajstić information content (AvgIpc) is 2.07. The summed E-state index contributed by atoms with van der Waals surface area (Å²) in [5, 5.41) is 2.74. The van der Waals surface area contributed by atoms with Crippen LogP contribution in [-0.2, 0) is 10.0 Å². The van der Waals surface area contributed by atoms with E-state index in [-0.39, 0.29) is 25.9 Å². The van der Waals surface area contributed by atoms with Crippen molar-refractivity contribution in [2.45, 2.75) is 4.90 Å². The van der Waals surface area contributed by atoms with Crippen LogP contribution in [0.25, 0.3) is 0 Å². The fraction of sp³-hybridized carbons (Fsp3) is 0. The Morgan fingerprint density at radius 2 is 1.73 bits per heavy atom. The van der Waals surface area contributed by atoms with Crippen LogP contribution in [-0.4, -0.2) is 13.7 Å². The molecule has 4 nitrogen and oxygen atoms in total. The monoisotopic (exact) mass is 284 g/mol. The van der Waals surface area contributed by atoms with E-state index in [9.17, 15) is 8.42 Å². The Morgan fingerprint density at radius 1 is 1.13 bits per heavy atom. The molecule has 15 heavy (non-hydrogen) atoms. The summed E-state index contributed by atoms with van der Waals surface area (Å²) in [6, 6.07) is 2.61. The Morgan fingerprint density at radius 3 is 2.40 bits per heavy atom. The van der Waals surface area contributed by atoms with Crippen LogP contribution in [0, 0.1) is 0 Å². The number of amidine groups is 1. The van der Waals surface area contributed by atoms with Gasteiger partial charge in [0.1, 0.15) is 4.90 Å². The van der Waals surface area contributed by atoms with Gasteiger partial charge in [-0.3, -0.25) is 0 Å². The first-order chi connectivity index (χ1) is 6.90. The summed E-state index contributed by atoms with van der Waals surface area (Å²) in [7, 11) is -3.78. The van der Waals surface area contributed by atoms with Gasteiger partial charge in [-0.25, -0.2) is 0 Å². The van der Waals surface area contributed by atoms with Gasteiger partial charge in [-0.05, 0) is 23.7 Å². The number of anilines is 1. The number of fused-ring (bicyclic) bond motifs is 1. The fourth-order valence-electron chi connectivity index (χ4n) is 1.13. The zero-order valence-electron chi connectivity index (χ0n) is 6.96. The summed E-state index contributed by atoms with van der Waals surface area (Å²) in [5.41, 5.74) is 0.268. The third kappa shape index (κ3) is 1.92. The molecular weight excluding hydrogens is 283 g/mol. The predicted octanol–water partition coefficient (Wildman–Crippen LogP) is 2.70. The molecule has 1 aromatic carbocycles. The maximum absolute atomic E-state index is 11.5. The van der Waals surface area contributed by atoms with Crippen molar-refractivity contribution < 1.29 is 8.42 Å². The molecule has 1 N–H and O–H groups in total. The van der Waals surface area contributed by atoms with Crippen LogP contribution in [0.1, 0.15) is 0 Å². The summed E-state index contributed by atoms with van der Waals surface area (Å²) in [4.78, 5) is -0.0405. The maximum atomic E-state index is 11.5. The van der Waals surface area contributed by atoms with Gasteiger partial charge in [0.05, 0.1) is 15.7 Å². The van der Waals surface area contributed by atoms with E-state index in [2.05, 4.69) is 9.71 Å². The average molecular weight is 286 g/mol. The molecule has 0 bridgehead atoms. The third-order valence-corrected chi connectivity index (χ3v) is 4.06. The molecule has 1 aromatic rings. The second-order valence-electron chi connectivity index (χ2n) is 2.74. The van der Waals surface area contributed by atoms with Crippen LogP contribution in [0.4, 0.5) is 5.69 Å². The molecule has 0 saturated carbocycles. The van der Waals surface area contributed by atoms with E-state index in [0.29, 0.717) is 0 Å². The first kappa shape index (κ1) is 11.0. The molecule has 0 radical (unpaired) electrons. The zero-order chi connectivity index (χ0) is 11.2. The lowest BCUT2D eigenvalue weighted by Gasteiger charge is -2.15. The Bertz CT molecular complexity index is 568. The molecule has 0 atom stereocenters. The van der Waals surface area contributed by atoms with Gasteiger partial charge in [-0.15, -0.1) is 4.40 Å². The minimum absolute atomic E-state index is 0.0405. The van der Waals surface area contributed by atoms with E-state index in [4.69, 9.17) is 34.8 Å². The van der Waals surface area contributed by atoms with E-state index in [1.807, 2.05) is 0 Å². The fourth-order valence-corrected chi connectivity index (χ4v) is 2.90. The van der Waals surface area contributed by atoms with Gasteiger partial charge in [-0.1, -0.05) is 23.2 Å². The van der Waals surface area contributed by atoms with Gasteiger partial charge in [0, 0.05) is 0 Å². The van der Waals surface area contributed by atoms with Gasteiger partial charge in [-0.2, -0.15) is 8.42 Å². The molecule has 8 heteroatoms. The van der Waals surface area contributed by atoms with E-state index in [1.165, 1.54) is 12.1 Å². The van der Waals surface area contributed by atoms with Gasteiger partial charge < -0.3 is 5.32 Å². The van der Waals surface area contributed by atoms with Crippen LogP contribution in [0.5, 0.6) is 0 Å². The van der Waals surface area contributed by atoms with Gasteiger partial charge >= 0.3 is 0 Å². The summed E-state index contributed by atoms with van der Waals surface area (Å²) in [6.45, 7) is 0. The zero-order valence-corrected chi connectivity index (χ0v) is 10.0. The number of sulfonamides is 1. The molecular formula is C7H3Cl3N2O2S. The molecule has 0 fully saturated rings. The van der Waals surface area contributed by atoms with E-state index >= 15 is 0 Å². The van der Waals surface area contributed by atoms with Crippen LogP contribution < -0.4 is 5.32 Å². The lowest BCUT2D eigenvalue weighted by Crippen LogP contribution is -2.16. The highest BCUT2D eigenvalue weighted by molar-refractivity contribution is 7.90. The second-order valence-corrected chi connectivity index (χ2v) is 5.49. The van der Waals surface area contributed by atoms with Crippen molar-refractivity contribution in [2.75, 3.05) is 5.32 Å². The summed E-state index contributed by atoms with van der Waals surface area (Å²) >= 11 is 16.9. The van der Waals surface area contributed by atoms with Gasteiger partial charge in [0.15, 0.2) is 0 Å². The summed E-state index contributed by atoms with van der Waals surface area (Å²) in [5.74, 6) is 0. The molecule has 0 aromatic heterocycles. The van der Waals surface area contributed by atoms with Crippen molar-refractivity contribution in [3.8, 4) is 0 Å². The third-order valence-electron chi connectivity index (χ3n) is 1.74. The predicted molar refractivity (Wildman–Crippen MR) is 60.6 cm³/mol. The van der Waals surface area contributed by atoms with Crippen molar-refractivity contribution in [3.05, 3.63) is 22.2 Å². The van der Waals surface area contributed by atoms with E-state index in [0.717, 1.165) is 0 Å². The molecule has 80 valence electrons. The minimum Gasteiger partial charge on any atom is -0.329 e. The van der Waals surface area contributed by atoms with E-state index in [1.54, 1.807) is 0 Å². The van der Waals surface area contributed by atoms with Crippen molar-refractivity contribution in [1.29, 1.82) is 0 Å². The van der Waals surface area contributed by atoms with Crippen LogP contribution in [0.2, 0.25) is 10.0 Å². The number of hydrogen-bond acceptors (Lipinski definition) is 3. The molecule has 1 heterocycles. The van der Waals surface area contributed by atoms with Crippen molar-refractivity contribution >= 4 is 55.8 Å². The Labute approximate surface area is 101 Å². The van der Waals surface area contributed by atoms with Gasteiger partial charge in [0.2, 0.25) is 5.29 Å². The topological polar surface area (TPSA) is 58.5 Å². The van der Waals surface area contributed by atoms with Crippen molar-refractivity contribution in [3.63, 3.8) is 0 Å². The first-order valence-electron chi connectivity index (χ1n) is 3.67. The molecule has 0 spiro atoms. The van der Waals surface area contributed by atoms with Crippen molar-refractivity contribution in [2.24, 2.45) is 4.40 Å². The molecule has 0 amide bonds. The molecule has 0 saturated heterocycles. The Kier molecular flexibility index (Phi) is 2.58. The molecule has 1 aliphatic rings. The minimum atomic E-state index is -3.78.